The van der Waals surface area contributed by atoms with Crippen molar-refractivity contribution >= 4 is 17.3 Å². The summed E-state index contributed by atoms with van der Waals surface area (Å²) < 4.78 is 0. The molecule has 5 heteroatoms. The molecule has 3 N–H and O–H groups in total. The molecule has 0 aromatic heterocycles. The first-order valence-corrected chi connectivity index (χ1v) is 7.04. The lowest BCUT2D eigenvalue weighted by molar-refractivity contribution is -0.112. The molecule has 0 saturated carbocycles. The lowest BCUT2D eigenvalue weighted by Gasteiger charge is -2.10. The van der Waals surface area contributed by atoms with Gasteiger partial charge in [0.2, 0.25) is 0 Å². The zero-order chi connectivity index (χ0) is 16.8. The van der Waals surface area contributed by atoms with Crippen LogP contribution in [-0.4, -0.2) is 11.0 Å². The molecule has 23 heavy (non-hydrogen) atoms. The van der Waals surface area contributed by atoms with E-state index in [1.807, 2.05) is 32.0 Å². The van der Waals surface area contributed by atoms with Gasteiger partial charge in [-0.1, -0.05) is 12.1 Å². The monoisotopic (exact) mass is 307 g/mol. The van der Waals surface area contributed by atoms with Gasteiger partial charge in [0.1, 0.15) is 17.4 Å². The van der Waals surface area contributed by atoms with Crippen LogP contribution >= 0.6 is 0 Å². The van der Waals surface area contributed by atoms with Gasteiger partial charge in [0.05, 0.1) is 0 Å². The molecule has 0 spiro atoms. The van der Waals surface area contributed by atoms with Crippen LogP contribution in [-0.2, 0) is 4.79 Å². The fourth-order valence-electron chi connectivity index (χ4n) is 1.94. The third-order valence-corrected chi connectivity index (χ3v) is 3.47. The molecule has 0 atom stereocenters. The molecule has 0 bridgehead atoms. The van der Waals surface area contributed by atoms with E-state index in [9.17, 15) is 9.90 Å². The van der Waals surface area contributed by atoms with Gasteiger partial charge >= 0.3 is 0 Å². The third kappa shape index (κ3) is 4.11. The highest BCUT2D eigenvalue weighted by atomic mass is 16.3. The van der Waals surface area contributed by atoms with Crippen molar-refractivity contribution in [2.45, 2.75) is 13.8 Å². The average molecular weight is 307 g/mol. The van der Waals surface area contributed by atoms with E-state index < -0.39 is 5.91 Å². The van der Waals surface area contributed by atoms with E-state index in [1.165, 1.54) is 18.3 Å². The number of amides is 1. The minimum atomic E-state index is -0.479. The predicted molar refractivity (Wildman–Crippen MR) is 90.0 cm³/mol. The highest BCUT2D eigenvalue weighted by Crippen LogP contribution is 2.19. The predicted octanol–water partition coefficient (Wildman–Crippen LogP) is 3.47. The number of nitrogens with one attached hydrogen (secondary N) is 2. The Balaban J connectivity index is 2.12. The van der Waals surface area contributed by atoms with Crippen molar-refractivity contribution in [2.75, 3.05) is 10.6 Å². The van der Waals surface area contributed by atoms with Crippen LogP contribution in [0.5, 0.6) is 5.75 Å². The molecule has 1 amide bonds. The van der Waals surface area contributed by atoms with E-state index in [-0.39, 0.29) is 11.3 Å². The maximum Gasteiger partial charge on any atom is 0.267 e. The lowest BCUT2D eigenvalue weighted by Crippen LogP contribution is -2.15. The first kappa shape index (κ1) is 16.1. The Kier molecular flexibility index (Phi) is 5.00. The van der Waals surface area contributed by atoms with E-state index in [1.54, 1.807) is 18.2 Å². The van der Waals surface area contributed by atoms with Crippen molar-refractivity contribution in [3.05, 3.63) is 65.4 Å². The third-order valence-electron chi connectivity index (χ3n) is 3.47. The van der Waals surface area contributed by atoms with Crippen LogP contribution in [0.4, 0.5) is 11.4 Å². The topological polar surface area (TPSA) is 85.2 Å². The highest BCUT2D eigenvalue weighted by molar-refractivity contribution is 6.07. The summed E-state index contributed by atoms with van der Waals surface area (Å²) in [6, 6.07) is 13.8. The maximum absolute atomic E-state index is 12.2. The quantitative estimate of drug-likeness (QED) is 0.459. The summed E-state index contributed by atoms with van der Waals surface area (Å²) >= 11 is 0. The number of hydrogen-bond acceptors (Lipinski definition) is 4. The highest BCUT2D eigenvalue weighted by Gasteiger charge is 2.11. The van der Waals surface area contributed by atoms with E-state index in [4.69, 9.17) is 5.26 Å². The zero-order valence-corrected chi connectivity index (χ0v) is 12.9. The number of carbonyl (C=O) groups is 1. The van der Waals surface area contributed by atoms with Gasteiger partial charge in [-0.25, -0.2) is 0 Å². The van der Waals surface area contributed by atoms with Crippen molar-refractivity contribution < 1.29 is 9.90 Å². The van der Waals surface area contributed by atoms with Crippen molar-refractivity contribution in [3.8, 4) is 11.8 Å². The summed E-state index contributed by atoms with van der Waals surface area (Å²) in [4.78, 5) is 12.2. The van der Waals surface area contributed by atoms with Gasteiger partial charge in [-0.05, 0) is 55.3 Å². The number of nitriles is 1. The molecule has 0 aliphatic rings. The fraction of sp³-hybridized carbons (Fsp3) is 0.111. The van der Waals surface area contributed by atoms with Crippen LogP contribution in [0.15, 0.2) is 54.2 Å². The molecule has 0 radical (unpaired) electrons. The number of carbonyl (C=O) groups excluding carboxylic acids is 1. The molecule has 0 saturated heterocycles. The first-order valence-electron chi connectivity index (χ1n) is 7.04. The normalized spacial score (nSPS) is 10.7. The lowest BCUT2D eigenvalue weighted by atomic mass is 10.1. The SMILES string of the molecule is Cc1cccc(NC(=O)/C(C#N)=C\Nc2ccc(O)cc2)c1C. The van der Waals surface area contributed by atoms with Gasteiger partial charge in [-0.2, -0.15) is 5.26 Å². The number of hydrogen-bond donors (Lipinski definition) is 3. The summed E-state index contributed by atoms with van der Waals surface area (Å²) in [6.45, 7) is 3.87. The van der Waals surface area contributed by atoms with Crippen molar-refractivity contribution in [3.63, 3.8) is 0 Å². The Labute approximate surface area is 134 Å². The van der Waals surface area contributed by atoms with Gasteiger partial charge in [-0.15, -0.1) is 0 Å². The second-order valence-electron chi connectivity index (χ2n) is 5.06. The summed E-state index contributed by atoms with van der Waals surface area (Å²) in [7, 11) is 0. The van der Waals surface area contributed by atoms with Gasteiger partial charge in [0, 0.05) is 17.6 Å². The molecule has 2 aromatic rings. The van der Waals surface area contributed by atoms with E-state index in [0.29, 0.717) is 11.4 Å². The molecule has 5 nitrogen and oxygen atoms in total. The van der Waals surface area contributed by atoms with Crippen LogP contribution in [0.25, 0.3) is 0 Å². The Morgan fingerprint density at radius 3 is 2.52 bits per heavy atom. The van der Waals surface area contributed by atoms with E-state index in [0.717, 1.165) is 11.1 Å². The molecule has 0 aliphatic carbocycles. The van der Waals surface area contributed by atoms with Gasteiger partial charge in [-0.3, -0.25) is 4.79 Å². The Morgan fingerprint density at radius 1 is 1.17 bits per heavy atom. The molecule has 0 aliphatic heterocycles. The Morgan fingerprint density at radius 2 is 1.87 bits per heavy atom. The molecule has 0 fully saturated rings. The van der Waals surface area contributed by atoms with Crippen LogP contribution in [0.2, 0.25) is 0 Å². The van der Waals surface area contributed by atoms with Gasteiger partial charge in [0.25, 0.3) is 5.91 Å². The van der Waals surface area contributed by atoms with Crippen molar-refractivity contribution in [2.24, 2.45) is 0 Å². The standard InChI is InChI=1S/C18H17N3O2/c1-12-4-3-5-17(13(12)2)21-18(23)14(10-19)11-20-15-6-8-16(22)9-7-15/h3-9,11,20,22H,1-2H3,(H,21,23)/b14-11-. The Hall–Kier alpha value is -3.26. The number of anilines is 2. The summed E-state index contributed by atoms with van der Waals surface area (Å²) in [5.41, 5.74) is 3.33. The fourth-order valence-corrected chi connectivity index (χ4v) is 1.94. The van der Waals surface area contributed by atoms with Crippen molar-refractivity contribution in [1.29, 1.82) is 5.26 Å². The van der Waals surface area contributed by atoms with Crippen LogP contribution in [0.3, 0.4) is 0 Å². The van der Waals surface area contributed by atoms with E-state index in [2.05, 4.69) is 10.6 Å². The number of phenols is 1. The second kappa shape index (κ2) is 7.14. The summed E-state index contributed by atoms with van der Waals surface area (Å²) in [6.07, 6.45) is 1.34. The van der Waals surface area contributed by atoms with Gasteiger partial charge < -0.3 is 15.7 Å². The number of aromatic hydroxyl groups is 1. The number of nitrogens with zero attached hydrogens (tertiary/aromatic N) is 1. The second-order valence-corrected chi connectivity index (χ2v) is 5.06. The minimum absolute atomic E-state index is 0.0426. The maximum atomic E-state index is 12.2. The molecule has 0 heterocycles. The molecule has 2 rings (SSSR count). The Bertz CT molecular complexity index is 787. The number of phenolic OH excluding ortho intramolecular Hbond substituents is 1. The molecular formula is C18H17N3O2. The average Bonchev–Trinajstić information content (AvgIpc) is 2.54. The first-order chi connectivity index (χ1) is 11.0. The van der Waals surface area contributed by atoms with Crippen LogP contribution in [0, 0.1) is 25.2 Å². The zero-order valence-electron chi connectivity index (χ0n) is 12.9. The molecular weight excluding hydrogens is 290 g/mol. The largest absolute Gasteiger partial charge is 0.508 e. The minimum Gasteiger partial charge on any atom is -0.508 e. The molecule has 0 unspecified atom stereocenters. The number of aryl methyl sites for hydroxylation is 1. The van der Waals surface area contributed by atoms with Crippen LogP contribution < -0.4 is 10.6 Å². The molecule has 116 valence electrons. The van der Waals surface area contributed by atoms with Crippen molar-refractivity contribution in [1.82, 2.24) is 0 Å². The van der Waals surface area contributed by atoms with E-state index >= 15 is 0 Å². The number of benzene rings is 2. The summed E-state index contributed by atoms with van der Waals surface area (Å²) in [5.74, 6) is -0.333. The molecule has 2 aromatic carbocycles. The van der Waals surface area contributed by atoms with Gasteiger partial charge in [0.15, 0.2) is 0 Å². The summed E-state index contributed by atoms with van der Waals surface area (Å²) in [5, 5.41) is 24.0. The smallest absolute Gasteiger partial charge is 0.267 e. The van der Waals surface area contributed by atoms with Crippen LogP contribution in [0.1, 0.15) is 11.1 Å². The number of rotatable bonds is 4.